The van der Waals surface area contributed by atoms with Gasteiger partial charge in [-0.1, -0.05) is 29.8 Å². The fourth-order valence-electron chi connectivity index (χ4n) is 2.35. The molecule has 4 heteroatoms. The molecule has 1 aromatic heterocycles. The lowest BCUT2D eigenvalue weighted by Gasteiger charge is -2.15. The van der Waals surface area contributed by atoms with Gasteiger partial charge in [0.2, 0.25) is 0 Å². The van der Waals surface area contributed by atoms with E-state index in [2.05, 4.69) is 46.2 Å². The van der Waals surface area contributed by atoms with Crippen LogP contribution in [0, 0.1) is 6.92 Å². The van der Waals surface area contributed by atoms with Crippen molar-refractivity contribution in [2.45, 2.75) is 38.6 Å². The molecule has 0 aliphatic rings. The first-order chi connectivity index (χ1) is 9.69. The lowest BCUT2D eigenvalue weighted by molar-refractivity contribution is 0.458. The summed E-state index contributed by atoms with van der Waals surface area (Å²) in [7, 11) is 2.03. The van der Waals surface area contributed by atoms with Crippen molar-refractivity contribution >= 4 is 0 Å². The average Bonchev–Trinajstić information content (AvgIpc) is 2.86. The van der Waals surface area contributed by atoms with E-state index < -0.39 is 0 Å². The Morgan fingerprint density at radius 1 is 1.20 bits per heavy atom. The molecule has 0 bridgehead atoms. The van der Waals surface area contributed by atoms with Crippen LogP contribution in [0.1, 0.15) is 29.8 Å². The topological polar surface area (TPSA) is 55.9 Å². The molecule has 20 heavy (non-hydrogen) atoms. The Balaban J connectivity index is 1.80. The van der Waals surface area contributed by atoms with Gasteiger partial charge in [-0.15, -0.1) is 0 Å². The van der Waals surface area contributed by atoms with Gasteiger partial charge in [-0.25, -0.2) is 4.98 Å². The number of imidazole rings is 1. The summed E-state index contributed by atoms with van der Waals surface area (Å²) in [4.78, 5) is 4.34. The van der Waals surface area contributed by atoms with Gasteiger partial charge in [-0.05, 0) is 31.7 Å². The predicted octanol–water partition coefficient (Wildman–Crippen LogP) is 2.13. The van der Waals surface area contributed by atoms with Crippen LogP contribution in [0.3, 0.4) is 0 Å². The maximum atomic E-state index is 5.66. The van der Waals surface area contributed by atoms with Crippen molar-refractivity contribution in [1.82, 2.24) is 15.0 Å². The lowest BCUT2D eigenvalue weighted by Crippen LogP contribution is -2.36. The predicted molar refractivity (Wildman–Crippen MR) is 82.1 cm³/mol. The van der Waals surface area contributed by atoms with E-state index in [0.717, 1.165) is 31.5 Å². The molecule has 0 aliphatic carbocycles. The SMILES string of the molecule is Cc1ccc(CCC(CCc2nccn2C)NN)cc1. The third-order valence-electron chi connectivity index (χ3n) is 3.78. The van der Waals surface area contributed by atoms with E-state index in [1.165, 1.54) is 11.1 Å². The van der Waals surface area contributed by atoms with Crippen LogP contribution in [0.4, 0.5) is 0 Å². The van der Waals surface area contributed by atoms with Crippen molar-refractivity contribution in [3.63, 3.8) is 0 Å². The third kappa shape index (κ3) is 4.18. The molecule has 108 valence electrons. The normalized spacial score (nSPS) is 12.6. The molecule has 1 atom stereocenters. The highest BCUT2D eigenvalue weighted by molar-refractivity contribution is 5.21. The van der Waals surface area contributed by atoms with E-state index in [4.69, 9.17) is 5.84 Å². The molecule has 1 aromatic carbocycles. The zero-order valence-electron chi connectivity index (χ0n) is 12.3. The number of hydrogen-bond donors (Lipinski definition) is 2. The monoisotopic (exact) mass is 272 g/mol. The molecule has 1 unspecified atom stereocenters. The standard InChI is InChI=1S/C16H24N4/c1-13-3-5-14(6-4-13)7-8-15(19-17)9-10-16-18-11-12-20(16)2/h3-6,11-12,15,19H,7-10,17H2,1-2H3. The lowest BCUT2D eigenvalue weighted by atomic mass is 10.0. The first kappa shape index (κ1) is 14.8. The molecule has 1 heterocycles. The number of aryl methyl sites for hydroxylation is 4. The maximum absolute atomic E-state index is 5.66. The van der Waals surface area contributed by atoms with Crippen LogP contribution in [0.15, 0.2) is 36.7 Å². The largest absolute Gasteiger partial charge is 0.338 e. The fraction of sp³-hybridized carbons (Fsp3) is 0.438. The number of nitrogens with one attached hydrogen (secondary N) is 1. The summed E-state index contributed by atoms with van der Waals surface area (Å²) < 4.78 is 2.06. The Hall–Kier alpha value is -1.65. The van der Waals surface area contributed by atoms with E-state index in [1.54, 1.807) is 0 Å². The van der Waals surface area contributed by atoms with Crippen LogP contribution in [0.2, 0.25) is 0 Å². The van der Waals surface area contributed by atoms with E-state index in [-0.39, 0.29) is 0 Å². The van der Waals surface area contributed by atoms with Crippen LogP contribution in [0.5, 0.6) is 0 Å². The molecule has 0 fully saturated rings. The molecule has 3 N–H and O–H groups in total. The summed E-state index contributed by atoms with van der Waals surface area (Å²) in [5.74, 6) is 6.77. The van der Waals surface area contributed by atoms with Crippen LogP contribution < -0.4 is 11.3 Å². The summed E-state index contributed by atoms with van der Waals surface area (Å²) in [5, 5.41) is 0. The minimum atomic E-state index is 0.327. The van der Waals surface area contributed by atoms with Gasteiger partial charge in [-0.3, -0.25) is 11.3 Å². The number of aromatic nitrogens is 2. The zero-order chi connectivity index (χ0) is 14.4. The highest BCUT2D eigenvalue weighted by Gasteiger charge is 2.09. The Morgan fingerprint density at radius 2 is 1.90 bits per heavy atom. The second-order valence-electron chi connectivity index (χ2n) is 5.38. The van der Waals surface area contributed by atoms with Gasteiger partial charge in [0.25, 0.3) is 0 Å². The minimum Gasteiger partial charge on any atom is -0.338 e. The smallest absolute Gasteiger partial charge is 0.108 e. The van der Waals surface area contributed by atoms with Crippen LogP contribution >= 0.6 is 0 Å². The summed E-state index contributed by atoms with van der Waals surface area (Å²) >= 11 is 0. The molecule has 0 amide bonds. The molecular weight excluding hydrogens is 248 g/mol. The van der Waals surface area contributed by atoms with Crippen molar-refractivity contribution in [3.8, 4) is 0 Å². The van der Waals surface area contributed by atoms with Crippen LogP contribution in [-0.2, 0) is 19.9 Å². The number of rotatable bonds is 7. The number of benzene rings is 1. The number of nitrogens with zero attached hydrogens (tertiary/aromatic N) is 2. The van der Waals surface area contributed by atoms with Crippen LogP contribution in [0.25, 0.3) is 0 Å². The van der Waals surface area contributed by atoms with Gasteiger partial charge >= 0.3 is 0 Å². The van der Waals surface area contributed by atoms with Gasteiger partial charge in [-0.2, -0.15) is 0 Å². The van der Waals surface area contributed by atoms with Crippen molar-refractivity contribution in [1.29, 1.82) is 0 Å². The van der Waals surface area contributed by atoms with Gasteiger partial charge in [0, 0.05) is 31.9 Å². The average molecular weight is 272 g/mol. The Labute approximate surface area is 121 Å². The van der Waals surface area contributed by atoms with Crippen molar-refractivity contribution in [2.24, 2.45) is 12.9 Å². The second kappa shape index (κ2) is 7.22. The van der Waals surface area contributed by atoms with Gasteiger partial charge in [0.1, 0.15) is 5.82 Å². The van der Waals surface area contributed by atoms with E-state index in [9.17, 15) is 0 Å². The number of hydrogen-bond acceptors (Lipinski definition) is 3. The minimum absolute atomic E-state index is 0.327. The summed E-state index contributed by atoms with van der Waals surface area (Å²) in [5.41, 5.74) is 5.60. The van der Waals surface area contributed by atoms with Gasteiger partial charge in [0.05, 0.1) is 0 Å². The quantitative estimate of drug-likeness (QED) is 0.599. The van der Waals surface area contributed by atoms with Crippen LogP contribution in [-0.4, -0.2) is 15.6 Å². The van der Waals surface area contributed by atoms with Gasteiger partial charge in [0.15, 0.2) is 0 Å². The molecule has 0 radical (unpaired) electrons. The molecule has 0 saturated heterocycles. The van der Waals surface area contributed by atoms with Crippen molar-refractivity contribution < 1.29 is 0 Å². The Kier molecular flexibility index (Phi) is 5.32. The summed E-state index contributed by atoms with van der Waals surface area (Å²) in [6.45, 7) is 2.11. The van der Waals surface area contributed by atoms with Gasteiger partial charge < -0.3 is 4.57 Å². The molecular formula is C16H24N4. The third-order valence-corrected chi connectivity index (χ3v) is 3.78. The number of hydrazine groups is 1. The fourth-order valence-corrected chi connectivity index (χ4v) is 2.35. The van der Waals surface area contributed by atoms with Crippen molar-refractivity contribution in [3.05, 3.63) is 53.6 Å². The highest BCUT2D eigenvalue weighted by Crippen LogP contribution is 2.10. The molecule has 2 aromatic rings. The summed E-state index contributed by atoms with van der Waals surface area (Å²) in [6, 6.07) is 9.04. The van der Waals surface area contributed by atoms with E-state index in [1.807, 2.05) is 19.4 Å². The first-order valence-corrected chi connectivity index (χ1v) is 7.17. The van der Waals surface area contributed by atoms with Crippen molar-refractivity contribution in [2.75, 3.05) is 0 Å². The molecule has 0 saturated carbocycles. The Morgan fingerprint density at radius 3 is 2.50 bits per heavy atom. The molecule has 0 aliphatic heterocycles. The zero-order valence-corrected chi connectivity index (χ0v) is 12.3. The molecule has 4 nitrogen and oxygen atoms in total. The van der Waals surface area contributed by atoms with E-state index >= 15 is 0 Å². The Bertz CT molecular complexity index is 516. The first-order valence-electron chi connectivity index (χ1n) is 7.17. The molecule has 2 rings (SSSR count). The number of nitrogens with two attached hydrogens (primary N) is 1. The van der Waals surface area contributed by atoms with E-state index in [0.29, 0.717) is 6.04 Å². The highest BCUT2D eigenvalue weighted by atomic mass is 15.2. The molecule has 0 spiro atoms. The summed E-state index contributed by atoms with van der Waals surface area (Å²) in [6.07, 6.45) is 7.87. The second-order valence-corrected chi connectivity index (χ2v) is 5.38. The maximum Gasteiger partial charge on any atom is 0.108 e.